The molecule has 2 heterocycles. The summed E-state index contributed by atoms with van der Waals surface area (Å²) in [5, 5.41) is 0. The number of hydrogen-bond acceptors (Lipinski definition) is 2. The van der Waals surface area contributed by atoms with E-state index in [4.69, 9.17) is 4.99 Å². The molecule has 3 heteroatoms. The first-order valence-electron chi connectivity index (χ1n) is 6.64. The summed E-state index contributed by atoms with van der Waals surface area (Å²) in [5.41, 5.74) is 4.46. The summed E-state index contributed by atoms with van der Waals surface area (Å²) in [6, 6.07) is 18.6. The van der Waals surface area contributed by atoms with Crippen LogP contribution in [0.5, 0.6) is 0 Å². The van der Waals surface area contributed by atoms with Crippen LogP contribution in [0.25, 0.3) is 11.4 Å². The molecule has 0 N–H and O–H groups in total. The Labute approximate surface area is 117 Å². The number of benzene rings is 2. The monoisotopic (exact) mass is 259 g/mol. The number of imidazole rings is 1. The molecule has 20 heavy (non-hydrogen) atoms. The molecular formula is C17H13N3. The molecule has 0 saturated carbocycles. The fraction of sp³-hybridized carbons (Fsp3) is 0.0588. The van der Waals surface area contributed by atoms with Gasteiger partial charge in [-0.1, -0.05) is 54.6 Å². The van der Waals surface area contributed by atoms with Crippen LogP contribution in [0, 0.1) is 0 Å². The van der Waals surface area contributed by atoms with Gasteiger partial charge in [-0.05, 0) is 0 Å². The average molecular weight is 259 g/mol. The van der Waals surface area contributed by atoms with Crippen LogP contribution in [0.15, 0.2) is 72.0 Å². The Hall–Kier alpha value is -2.68. The zero-order valence-corrected chi connectivity index (χ0v) is 10.9. The van der Waals surface area contributed by atoms with Crippen molar-refractivity contribution in [1.29, 1.82) is 0 Å². The second-order valence-electron chi connectivity index (χ2n) is 4.78. The van der Waals surface area contributed by atoms with Gasteiger partial charge in [0.05, 0.1) is 5.71 Å². The van der Waals surface area contributed by atoms with Gasteiger partial charge in [0.2, 0.25) is 0 Å². The number of nitrogens with zero attached hydrogens (tertiary/aromatic N) is 3. The average Bonchev–Trinajstić information content (AvgIpc) is 2.92. The SMILES string of the molecule is c1ccc(C2=NCn3ccnc3-c3ccccc32)cc1. The molecule has 0 amide bonds. The molecule has 0 unspecified atom stereocenters. The van der Waals surface area contributed by atoms with E-state index in [9.17, 15) is 0 Å². The topological polar surface area (TPSA) is 30.2 Å². The van der Waals surface area contributed by atoms with Crippen molar-refractivity contribution in [2.24, 2.45) is 4.99 Å². The van der Waals surface area contributed by atoms with Gasteiger partial charge >= 0.3 is 0 Å². The Morgan fingerprint density at radius 2 is 1.60 bits per heavy atom. The summed E-state index contributed by atoms with van der Waals surface area (Å²) in [5.74, 6) is 0.982. The Bertz CT molecular complexity index is 785. The molecule has 1 aromatic heterocycles. The largest absolute Gasteiger partial charge is 0.311 e. The van der Waals surface area contributed by atoms with Crippen LogP contribution in [0.3, 0.4) is 0 Å². The third-order valence-corrected chi connectivity index (χ3v) is 3.57. The van der Waals surface area contributed by atoms with E-state index < -0.39 is 0 Å². The van der Waals surface area contributed by atoms with Gasteiger partial charge in [0, 0.05) is 29.1 Å². The van der Waals surface area contributed by atoms with E-state index in [-0.39, 0.29) is 0 Å². The van der Waals surface area contributed by atoms with Crippen molar-refractivity contribution in [3.05, 3.63) is 78.1 Å². The minimum absolute atomic E-state index is 0.605. The Kier molecular flexibility index (Phi) is 2.49. The number of aromatic nitrogens is 2. The van der Waals surface area contributed by atoms with Gasteiger partial charge in [-0.3, -0.25) is 4.99 Å². The molecule has 3 aromatic rings. The fourth-order valence-electron chi connectivity index (χ4n) is 2.63. The minimum atomic E-state index is 0.605. The molecule has 0 spiro atoms. The fourth-order valence-corrected chi connectivity index (χ4v) is 2.63. The Balaban J connectivity index is 1.98. The van der Waals surface area contributed by atoms with Crippen molar-refractivity contribution in [2.75, 3.05) is 0 Å². The lowest BCUT2D eigenvalue weighted by Gasteiger charge is -2.08. The van der Waals surface area contributed by atoms with Gasteiger partial charge in [0.1, 0.15) is 12.5 Å². The first-order chi connectivity index (χ1) is 9.93. The molecule has 0 aliphatic carbocycles. The third kappa shape index (κ3) is 1.67. The molecule has 3 nitrogen and oxygen atoms in total. The van der Waals surface area contributed by atoms with Crippen LogP contribution in [0.1, 0.15) is 11.1 Å². The van der Waals surface area contributed by atoms with Crippen molar-refractivity contribution >= 4 is 5.71 Å². The van der Waals surface area contributed by atoms with Crippen LogP contribution in [-0.4, -0.2) is 15.3 Å². The van der Waals surface area contributed by atoms with E-state index in [0.717, 1.165) is 28.2 Å². The summed E-state index contributed by atoms with van der Waals surface area (Å²) in [6.45, 7) is 0.605. The smallest absolute Gasteiger partial charge is 0.142 e. The summed E-state index contributed by atoms with van der Waals surface area (Å²) in [7, 11) is 0. The zero-order valence-electron chi connectivity index (χ0n) is 10.9. The molecule has 0 atom stereocenters. The zero-order chi connectivity index (χ0) is 13.4. The summed E-state index contributed by atoms with van der Waals surface area (Å²) in [6.07, 6.45) is 3.80. The van der Waals surface area contributed by atoms with Crippen molar-refractivity contribution in [1.82, 2.24) is 9.55 Å². The predicted molar refractivity (Wildman–Crippen MR) is 79.7 cm³/mol. The highest BCUT2D eigenvalue weighted by molar-refractivity contribution is 6.16. The number of rotatable bonds is 1. The molecule has 0 bridgehead atoms. The lowest BCUT2D eigenvalue weighted by atomic mass is 9.97. The lowest BCUT2D eigenvalue weighted by molar-refractivity contribution is 0.747. The Morgan fingerprint density at radius 3 is 2.45 bits per heavy atom. The summed E-state index contributed by atoms with van der Waals surface area (Å²) < 4.78 is 2.08. The molecule has 0 saturated heterocycles. The van der Waals surface area contributed by atoms with E-state index in [1.165, 1.54) is 0 Å². The first-order valence-corrected chi connectivity index (χ1v) is 6.64. The molecular weight excluding hydrogens is 246 g/mol. The van der Waals surface area contributed by atoms with Crippen LogP contribution >= 0.6 is 0 Å². The quantitative estimate of drug-likeness (QED) is 0.659. The van der Waals surface area contributed by atoms with Crippen molar-refractivity contribution in [3.63, 3.8) is 0 Å². The van der Waals surface area contributed by atoms with Gasteiger partial charge in [-0.15, -0.1) is 0 Å². The highest BCUT2D eigenvalue weighted by atomic mass is 15.1. The Morgan fingerprint density at radius 1 is 0.850 bits per heavy atom. The molecule has 2 aromatic carbocycles. The van der Waals surface area contributed by atoms with Crippen LogP contribution in [-0.2, 0) is 6.67 Å². The standard InChI is InChI=1S/C17H13N3/c1-2-6-13(7-3-1)16-14-8-4-5-9-15(14)17-18-10-11-20(17)12-19-16/h1-11H,12H2. The van der Waals surface area contributed by atoms with Crippen LogP contribution in [0.2, 0.25) is 0 Å². The van der Waals surface area contributed by atoms with E-state index in [1.54, 1.807) is 0 Å². The number of hydrogen-bond donors (Lipinski definition) is 0. The third-order valence-electron chi connectivity index (χ3n) is 3.57. The molecule has 1 aliphatic rings. The van der Waals surface area contributed by atoms with E-state index in [2.05, 4.69) is 39.9 Å². The van der Waals surface area contributed by atoms with Gasteiger partial charge in [-0.2, -0.15) is 0 Å². The highest BCUT2D eigenvalue weighted by Crippen LogP contribution is 2.27. The molecule has 1 aliphatic heterocycles. The number of aliphatic imine (C=N–C) groups is 1. The first kappa shape index (κ1) is 11.2. The normalized spacial score (nSPS) is 13.1. The van der Waals surface area contributed by atoms with Gasteiger partial charge in [-0.25, -0.2) is 4.98 Å². The molecule has 96 valence electrons. The second-order valence-corrected chi connectivity index (χ2v) is 4.78. The number of fused-ring (bicyclic) bond motifs is 3. The van der Waals surface area contributed by atoms with Crippen molar-refractivity contribution in [3.8, 4) is 11.4 Å². The molecule has 4 rings (SSSR count). The highest BCUT2D eigenvalue weighted by Gasteiger charge is 2.18. The van der Waals surface area contributed by atoms with Crippen molar-refractivity contribution < 1.29 is 0 Å². The predicted octanol–water partition coefficient (Wildman–Crippen LogP) is 3.36. The van der Waals surface area contributed by atoms with E-state index >= 15 is 0 Å². The van der Waals surface area contributed by atoms with E-state index in [0.29, 0.717) is 6.67 Å². The van der Waals surface area contributed by atoms with E-state index in [1.807, 2.05) is 36.7 Å². The van der Waals surface area contributed by atoms with Gasteiger partial charge < -0.3 is 4.57 Å². The van der Waals surface area contributed by atoms with Gasteiger partial charge in [0.25, 0.3) is 0 Å². The molecule has 0 fully saturated rings. The molecule has 0 radical (unpaired) electrons. The maximum absolute atomic E-state index is 4.79. The van der Waals surface area contributed by atoms with Crippen molar-refractivity contribution in [2.45, 2.75) is 6.67 Å². The van der Waals surface area contributed by atoms with Crippen LogP contribution in [0.4, 0.5) is 0 Å². The summed E-state index contributed by atoms with van der Waals surface area (Å²) >= 11 is 0. The maximum atomic E-state index is 4.79. The minimum Gasteiger partial charge on any atom is -0.311 e. The maximum Gasteiger partial charge on any atom is 0.142 e. The van der Waals surface area contributed by atoms with Crippen LogP contribution < -0.4 is 0 Å². The van der Waals surface area contributed by atoms with Gasteiger partial charge in [0.15, 0.2) is 0 Å². The lowest BCUT2D eigenvalue weighted by Crippen LogP contribution is -2.04. The second kappa shape index (κ2) is 4.46. The summed E-state index contributed by atoms with van der Waals surface area (Å²) in [4.78, 5) is 9.26.